The standard InChI is InChI=1S/C21H20N4O4/c1-28-17-9-7-14(8-10-17)11-18(26)22-21-24-23-20(29-21)15-12-19(27)25(13-15)16-5-3-2-4-6-16/h2-10,15H,11-13H2,1H3,(H,22,24,26)/t15-/m1/s1. The summed E-state index contributed by atoms with van der Waals surface area (Å²) in [5, 5.41) is 10.5. The van der Waals surface area contributed by atoms with Crippen molar-refractivity contribution in [3.8, 4) is 5.75 Å². The maximum absolute atomic E-state index is 12.3. The summed E-state index contributed by atoms with van der Waals surface area (Å²) in [7, 11) is 1.59. The van der Waals surface area contributed by atoms with E-state index >= 15 is 0 Å². The molecule has 3 aromatic rings. The molecule has 2 amide bonds. The number of anilines is 2. The second-order valence-corrected chi connectivity index (χ2v) is 6.76. The number of aromatic nitrogens is 2. The maximum atomic E-state index is 12.3. The highest BCUT2D eigenvalue weighted by Gasteiger charge is 2.35. The highest BCUT2D eigenvalue weighted by Crippen LogP contribution is 2.31. The predicted octanol–water partition coefficient (Wildman–Crippen LogP) is 2.78. The van der Waals surface area contributed by atoms with E-state index in [4.69, 9.17) is 9.15 Å². The second-order valence-electron chi connectivity index (χ2n) is 6.76. The number of benzene rings is 2. The van der Waals surface area contributed by atoms with Crippen LogP contribution in [0.1, 0.15) is 23.8 Å². The maximum Gasteiger partial charge on any atom is 0.322 e. The summed E-state index contributed by atoms with van der Waals surface area (Å²) in [6.07, 6.45) is 0.460. The number of nitrogens with one attached hydrogen (secondary N) is 1. The fourth-order valence-electron chi connectivity index (χ4n) is 3.27. The third-order valence-corrected chi connectivity index (χ3v) is 4.75. The molecule has 2 aromatic carbocycles. The lowest BCUT2D eigenvalue weighted by Crippen LogP contribution is -2.24. The first-order chi connectivity index (χ1) is 14.1. The molecule has 1 aromatic heterocycles. The SMILES string of the molecule is COc1ccc(CC(=O)Nc2nnc([C@@H]3CC(=O)N(c4ccccc4)C3)o2)cc1. The average molecular weight is 392 g/mol. The Labute approximate surface area is 167 Å². The van der Waals surface area contributed by atoms with E-state index in [1.54, 1.807) is 24.1 Å². The van der Waals surface area contributed by atoms with Crippen molar-refractivity contribution in [1.29, 1.82) is 0 Å². The Bertz CT molecular complexity index is 1000. The summed E-state index contributed by atoms with van der Waals surface area (Å²) in [4.78, 5) is 26.3. The zero-order valence-corrected chi connectivity index (χ0v) is 15.9. The minimum Gasteiger partial charge on any atom is -0.497 e. The van der Waals surface area contributed by atoms with Gasteiger partial charge < -0.3 is 14.1 Å². The van der Waals surface area contributed by atoms with Crippen LogP contribution < -0.4 is 15.0 Å². The third-order valence-electron chi connectivity index (χ3n) is 4.75. The van der Waals surface area contributed by atoms with Gasteiger partial charge in [0.2, 0.25) is 17.7 Å². The van der Waals surface area contributed by atoms with Crippen molar-refractivity contribution in [2.75, 3.05) is 23.9 Å². The van der Waals surface area contributed by atoms with Crippen LogP contribution >= 0.6 is 0 Å². The first kappa shape index (κ1) is 18.7. The van der Waals surface area contributed by atoms with E-state index in [0.29, 0.717) is 12.4 Å². The summed E-state index contributed by atoms with van der Waals surface area (Å²) in [5.41, 5.74) is 1.68. The molecule has 0 unspecified atom stereocenters. The molecule has 148 valence electrons. The summed E-state index contributed by atoms with van der Waals surface area (Å²) in [5.74, 6) is 0.605. The number of rotatable bonds is 6. The Balaban J connectivity index is 1.37. The average Bonchev–Trinajstić information content (AvgIpc) is 3.35. The van der Waals surface area contributed by atoms with E-state index < -0.39 is 0 Å². The molecule has 1 aliphatic rings. The van der Waals surface area contributed by atoms with Crippen LogP contribution in [0.5, 0.6) is 5.75 Å². The van der Waals surface area contributed by atoms with Crippen LogP contribution in [0.2, 0.25) is 0 Å². The smallest absolute Gasteiger partial charge is 0.322 e. The number of para-hydroxylation sites is 1. The van der Waals surface area contributed by atoms with Gasteiger partial charge in [-0.2, -0.15) is 0 Å². The molecule has 0 spiro atoms. The summed E-state index contributed by atoms with van der Waals surface area (Å²) in [6, 6.07) is 16.7. The molecule has 8 nitrogen and oxygen atoms in total. The number of methoxy groups -OCH3 is 1. The molecular weight excluding hydrogens is 372 g/mol. The van der Waals surface area contributed by atoms with Gasteiger partial charge in [0.1, 0.15) is 5.75 Å². The molecule has 8 heteroatoms. The molecule has 1 N–H and O–H groups in total. The molecule has 2 heterocycles. The minimum absolute atomic E-state index is 0.00416. The van der Waals surface area contributed by atoms with Gasteiger partial charge in [0, 0.05) is 18.7 Å². The number of carbonyl (C=O) groups excluding carboxylic acids is 2. The van der Waals surface area contributed by atoms with Crippen LogP contribution in [0, 0.1) is 0 Å². The van der Waals surface area contributed by atoms with E-state index in [0.717, 1.165) is 17.0 Å². The molecule has 1 atom stereocenters. The lowest BCUT2D eigenvalue weighted by atomic mass is 10.1. The van der Waals surface area contributed by atoms with Gasteiger partial charge in [-0.15, -0.1) is 5.10 Å². The lowest BCUT2D eigenvalue weighted by Gasteiger charge is -2.15. The largest absolute Gasteiger partial charge is 0.497 e. The molecule has 0 aliphatic carbocycles. The Kier molecular flexibility index (Phi) is 5.24. The van der Waals surface area contributed by atoms with Gasteiger partial charge in [0.15, 0.2) is 0 Å². The zero-order valence-electron chi connectivity index (χ0n) is 15.9. The van der Waals surface area contributed by atoms with Crippen molar-refractivity contribution in [2.45, 2.75) is 18.8 Å². The summed E-state index contributed by atoms with van der Waals surface area (Å²) in [6.45, 7) is 0.463. The van der Waals surface area contributed by atoms with Crippen LogP contribution in [0.3, 0.4) is 0 Å². The topological polar surface area (TPSA) is 97.6 Å². The van der Waals surface area contributed by atoms with E-state index in [-0.39, 0.29) is 36.6 Å². The molecule has 1 fully saturated rings. The molecule has 29 heavy (non-hydrogen) atoms. The van der Waals surface area contributed by atoms with Gasteiger partial charge in [-0.25, -0.2) is 0 Å². The molecule has 4 rings (SSSR count). The van der Waals surface area contributed by atoms with Crippen LogP contribution in [0.25, 0.3) is 0 Å². The summed E-state index contributed by atoms with van der Waals surface area (Å²) < 4.78 is 10.7. The zero-order chi connectivity index (χ0) is 20.2. The van der Waals surface area contributed by atoms with Crippen LogP contribution in [-0.2, 0) is 16.0 Å². The number of amides is 2. The molecule has 0 radical (unpaired) electrons. The minimum atomic E-state index is -0.265. The Morgan fingerprint density at radius 2 is 1.93 bits per heavy atom. The third kappa shape index (κ3) is 4.26. The number of hydrogen-bond acceptors (Lipinski definition) is 6. The van der Waals surface area contributed by atoms with E-state index in [2.05, 4.69) is 15.5 Å². The van der Waals surface area contributed by atoms with Crippen molar-refractivity contribution in [3.63, 3.8) is 0 Å². The first-order valence-electron chi connectivity index (χ1n) is 9.24. The quantitative estimate of drug-likeness (QED) is 0.693. The molecule has 0 bridgehead atoms. The number of ether oxygens (including phenoxy) is 1. The van der Waals surface area contributed by atoms with Crippen LogP contribution in [0.4, 0.5) is 11.7 Å². The summed E-state index contributed by atoms with van der Waals surface area (Å²) >= 11 is 0. The highest BCUT2D eigenvalue weighted by atomic mass is 16.5. The molecule has 1 aliphatic heterocycles. The molecule has 0 saturated carbocycles. The lowest BCUT2D eigenvalue weighted by molar-refractivity contribution is -0.117. The molecule has 1 saturated heterocycles. The Morgan fingerprint density at radius 3 is 2.66 bits per heavy atom. The first-order valence-corrected chi connectivity index (χ1v) is 9.24. The number of nitrogens with zero attached hydrogens (tertiary/aromatic N) is 3. The van der Waals surface area contributed by atoms with Gasteiger partial charge >= 0.3 is 6.01 Å². The van der Waals surface area contributed by atoms with E-state index in [1.807, 2.05) is 42.5 Å². The monoisotopic (exact) mass is 392 g/mol. The van der Waals surface area contributed by atoms with Gasteiger partial charge in [0.25, 0.3) is 0 Å². The van der Waals surface area contributed by atoms with Gasteiger partial charge in [-0.3, -0.25) is 14.9 Å². The van der Waals surface area contributed by atoms with Crippen molar-refractivity contribution < 1.29 is 18.7 Å². The van der Waals surface area contributed by atoms with Crippen molar-refractivity contribution in [1.82, 2.24) is 10.2 Å². The number of hydrogen-bond donors (Lipinski definition) is 1. The Hall–Kier alpha value is -3.68. The van der Waals surface area contributed by atoms with Crippen molar-refractivity contribution in [2.24, 2.45) is 0 Å². The van der Waals surface area contributed by atoms with Gasteiger partial charge in [-0.1, -0.05) is 35.4 Å². The predicted molar refractivity (Wildman–Crippen MR) is 106 cm³/mol. The fourth-order valence-corrected chi connectivity index (χ4v) is 3.27. The van der Waals surface area contributed by atoms with E-state index in [1.165, 1.54) is 0 Å². The highest BCUT2D eigenvalue weighted by molar-refractivity contribution is 5.96. The van der Waals surface area contributed by atoms with Crippen molar-refractivity contribution in [3.05, 3.63) is 66.1 Å². The van der Waals surface area contributed by atoms with Crippen LogP contribution in [0.15, 0.2) is 59.0 Å². The van der Waals surface area contributed by atoms with Gasteiger partial charge in [0.05, 0.1) is 19.4 Å². The van der Waals surface area contributed by atoms with Crippen molar-refractivity contribution >= 4 is 23.5 Å². The Morgan fingerprint density at radius 1 is 1.17 bits per heavy atom. The fraction of sp³-hybridized carbons (Fsp3) is 0.238. The number of carbonyl (C=O) groups is 2. The normalized spacial score (nSPS) is 16.1. The molecular formula is C21H20N4O4. The van der Waals surface area contributed by atoms with Crippen LogP contribution in [-0.4, -0.2) is 35.7 Å². The van der Waals surface area contributed by atoms with E-state index in [9.17, 15) is 9.59 Å². The van der Waals surface area contributed by atoms with Gasteiger partial charge in [-0.05, 0) is 29.8 Å². The second kappa shape index (κ2) is 8.14.